The smallest absolute Gasteiger partial charge is 0.398 e. The van der Waals surface area contributed by atoms with Crippen LogP contribution in [-0.2, 0) is 5.41 Å². The molecule has 3 aromatic rings. The van der Waals surface area contributed by atoms with Gasteiger partial charge in [-0.15, -0.1) is 0 Å². The maximum absolute atomic E-state index is 15.9. The number of benzene rings is 3. The van der Waals surface area contributed by atoms with E-state index in [4.69, 9.17) is 11.5 Å². The third-order valence-corrected chi connectivity index (χ3v) is 7.62. The van der Waals surface area contributed by atoms with Crippen molar-refractivity contribution in [2.45, 2.75) is 90.7 Å². The molecule has 0 aliphatic heterocycles. The average molecular weight is 547 g/mol. The Bertz CT molecular complexity index is 1230. The summed E-state index contributed by atoms with van der Waals surface area (Å²) in [5, 5.41) is 0. The number of halogens is 5. The topological polar surface area (TPSA) is 52.0 Å². The van der Waals surface area contributed by atoms with Gasteiger partial charge in [-0.25, -0.2) is 8.78 Å². The van der Waals surface area contributed by atoms with Crippen LogP contribution in [0.5, 0.6) is 0 Å². The van der Waals surface area contributed by atoms with E-state index in [-0.39, 0.29) is 34.8 Å². The summed E-state index contributed by atoms with van der Waals surface area (Å²) in [6.45, 7) is 14.9. The van der Waals surface area contributed by atoms with Crippen molar-refractivity contribution in [1.82, 2.24) is 0 Å². The summed E-state index contributed by atoms with van der Waals surface area (Å²) in [5.74, 6) is -3.29. The van der Waals surface area contributed by atoms with Crippen molar-refractivity contribution in [3.63, 3.8) is 0 Å². The minimum absolute atomic E-state index is 0.100. The van der Waals surface area contributed by atoms with E-state index in [9.17, 15) is 8.78 Å². The van der Waals surface area contributed by atoms with Crippen molar-refractivity contribution >= 4 is 11.4 Å². The first-order valence-electron chi connectivity index (χ1n) is 13.3. The van der Waals surface area contributed by atoms with Gasteiger partial charge in [-0.05, 0) is 74.7 Å². The molecule has 2 nitrogen and oxygen atoms in total. The lowest BCUT2D eigenvalue weighted by Gasteiger charge is -2.40. The van der Waals surface area contributed by atoms with Crippen LogP contribution in [0.4, 0.5) is 33.3 Å². The Morgan fingerprint density at radius 2 is 0.846 bits per heavy atom. The fraction of sp³-hybridized carbons (Fsp3) is 0.438. The highest BCUT2D eigenvalue weighted by Gasteiger charge is 2.59. The highest BCUT2D eigenvalue weighted by Crippen LogP contribution is 2.54. The molecule has 0 aliphatic rings. The predicted molar refractivity (Wildman–Crippen MR) is 150 cm³/mol. The van der Waals surface area contributed by atoms with E-state index >= 15 is 13.2 Å². The number of alkyl halides is 3. The Kier molecular flexibility index (Phi) is 8.45. The van der Waals surface area contributed by atoms with E-state index in [0.29, 0.717) is 39.7 Å². The Hall–Kier alpha value is -3.09. The van der Waals surface area contributed by atoms with Crippen LogP contribution in [0.15, 0.2) is 42.5 Å². The molecule has 0 saturated carbocycles. The molecular formula is C32H39F5N2. The largest absolute Gasteiger partial charge is 0.406 e. The molecule has 0 unspecified atom stereocenters. The van der Waals surface area contributed by atoms with Crippen molar-refractivity contribution in [3.8, 4) is 0 Å². The third kappa shape index (κ3) is 5.24. The number of hydrogen-bond acceptors (Lipinski definition) is 2. The van der Waals surface area contributed by atoms with Gasteiger partial charge in [0.2, 0.25) is 0 Å². The van der Waals surface area contributed by atoms with Crippen LogP contribution in [0, 0.1) is 11.6 Å². The van der Waals surface area contributed by atoms with Gasteiger partial charge in [0, 0.05) is 11.4 Å². The Morgan fingerprint density at radius 1 is 0.513 bits per heavy atom. The van der Waals surface area contributed by atoms with Crippen LogP contribution < -0.4 is 11.5 Å². The third-order valence-electron chi connectivity index (χ3n) is 7.62. The fourth-order valence-corrected chi connectivity index (χ4v) is 5.46. The van der Waals surface area contributed by atoms with Crippen LogP contribution in [0.3, 0.4) is 0 Å². The van der Waals surface area contributed by atoms with Crippen molar-refractivity contribution < 1.29 is 22.0 Å². The zero-order chi connectivity index (χ0) is 29.6. The minimum Gasteiger partial charge on any atom is -0.398 e. The lowest BCUT2D eigenvalue weighted by atomic mass is 9.66. The van der Waals surface area contributed by atoms with Crippen molar-refractivity contribution in [2.24, 2.45) is 0 Å². The second-order valence-corrected chi connectivity index (χ2v) is 11.6. The number of anilines is 2. The molecule has 0 saturated heterocycles. The normalized spacial score (nSPS) is 12.8. The quantitative estimate of drug-likeness (QED) is 0.176. The summed E-state index contributed by atoms with van der Waals surface area (Å²) in [6, 6.07) is 8.32. The molecule has 0 spiro atoms. The predicted octanol–water partition coefficient (Wildman–Crippen LogP) is 9.52. The van der Waals surface area contributed by atoms with Gasteiger partial charge >= 0.3 is 6.18 Å². The first kappa shape index (κ1) is 30.5. The van der Waals surface area contributed by atoms with E-state index < -0.39 is 28.8 Å². The zero-order valence-electron chi connectivity index (χ0n) is 23.9. The molecule has 0 aliphatic carbocycles. The molecule has 3 rings (SSSR count). The van der Waals surface area contributed by atoms with Gasteiger partial charge in [-0.2, -0.15) is 13.2 Å². The molecule has 0 aromatic heterocycles. The summed E-state index contributed by atoms with van der Waals surface area (Å²) in [4.78, 5) is 0. The molecule has 0 atom stereocenters. The van der Waals surface area contributed by atoms with E-state index in [2.05, 4.69) is 0 Å². The molecule has 3 aromatic carbocycles. The van der Waals surface area contributed by atoms with E-state index in [1.807, 2.05) is 55.4 Å². The molecule has 4 N–H and O–H groups in total. The standard InChI is InChI=1S/C32H39F5N2/c1-16(2)23-11-21(12-24(17(3)4)29(23)38)31(32(35,36)37,20-9-10-27(33)28(34)15-20)22-13-25(18(5)6)30(39)26(14-22)19(7)8/h9-19H,38-39H2,1-8H3. The van der Waals surface area contributed by atoms with Gasteiger partial charge in [-0.3, -0.25) is 0 Å². The van der Waals surface area contributed by atoms with Crippen LogP contribution in [0.1, 0.15) is 118 Å². The van der Waals surface area contributed by atoms with Gasteiger partial charge in [0.15, 0.2) is 11.6 Å². The average Bonchev–Trinajstić information content (AvgIpc) is 2.81. The summed E-state index contributed by atoms with van der Waals surface area (Å²) in [7, 11) is 0. The molecule has 39 heavy (non-hydrogen) atoms. The van der Waals surface area contributed by atoms with Crippen molar-refractivity contribution in [3.05, 3.63) is 93.0 Å². The second-order valence-electron chi connectivity index (χ2n) is 11.6. The fourth-order valence-electron chi connectivity index (χ4n) is 5.46. The first-order chi connectivity index (χ1) is 17.9. The van der Waals surface area contributed by atoms with Crippen molar-refractivity contribution in [1.29, 1.82) is 0 Å². The van der Waals surface area contributed by atoms with Crippen LogP contribution in [0.2, 0.25) is 0 Å². The van der Waals surface area contributed by atoms with E-state index in [1.165, 1.54) is 24.3 Å². The number of nitrogens with two attached hydrogens (primary N) is 2. The summed E-state index contributed by atoms with van der Waals surface area (Å²) >= 11 is 0. The van der Waals surface area contributed by atoms with Crippen molar-refractivity contribution in [2.75, 3.05) is 11.5 Å². The van der Waals surface area contributed by atoms with Gasteiger partial charge in [0.1, 0.15) is 5.41 Å². The number of nitrogen functional groups attached to an aromatic ring is 2. The monoisotopic (exact) mass is 546 g/mol. The minimum atomic E-state index is -4.95. The molecule has 0 bridgehead atoms. The highest BCUT2D eigenvalue weighted by atomic mass is 19.4. The highest BCUT2D eigenvalue weighted by molar-refractivity contribution is 5.66. The Labute approximate surface area is 228 Å². The SMILES string of the molecule is CC(C)c1cc(C(c2ccc(F)c(F)c2)(c2cc(C(C)C)c(N)c(C(C)C)c2)C(F)(F)F)cc(C(C)C)c1N. The summed E-state index contributed by atoms with van der Waals surface area (Å²) in [6.07, 6.45) is -4.95. The zero-order valence-corrected chi connectivity index (χ0v) is 23.9. The molecule has 0 heterocycles. The first-order valence-corrected chi connectivity index (χ1v) is 13.3. The maximum atomic E-state index is 15.9. The lowest BCUT2D eigenvalue weighted by molar-refractivity contribution is -0.166. The van der Waals surface area contributed by atoms with Gasteiger partial charge in [0.25, 0.3) is 0 Å². The molecular weight excluding hydrogens is 507 g/mol. The number of rotatable bonds is 7. The molecule has 212 valence electrons. The Balaban J connectivity index is 2.69. The number of hydrogen-bond donors (Lipinski definition) is 2. The second kappa shape index (κ2) is 10.8. The summed E-state index contributed by atoms with van der Waals surface area (Å²) < 4.78 is 76.5. The van der Waals surface area contributed by atoms with Gasteiger partial charge < -0.3 is 11.5 Å². The lowest BCUT2D eigenvalue weighted by Crippen LogP contribution is -2.45. The van der Waals surface area contributed by atoms with Gasteiger partial charge in [-0.1, -0.05) is 85.7 Å². The molecule has 7 heteroatoms. The van der Waals surface area contributed by atoms with Crippen LogP contribution in [0.25, 0.3) is 0 Å². The molecule has 0 amide bonds. The maximum Gasteiger partial charge on any atom is 0.406 e. The summed E-state index contributed by atoms with van der Waals surface area (Å²) in [5.41, 5.74) is 12.6. The van der Waals surface area contributed by atoms with E-state index in [0.717, 1.165) is 12.1 Å². The Morgan fingerprint density at radius 3 is 1.10 bits per heavy atom. The van der Waals surface area contributed by atoms with Crippen LogP contribution >= 0.6 is 0 Å². The van der Waals surface area contributed by atoms with E-state index in [1.54, 1.807) is 0 Å². The van der Waals surface area contributed by atoms with Crippen LogP contribution in [-0.4, -0.2) is 6.18 Å². The molecule has 0 fully saturated rings. The van der Waals surface area contributed by atoms with Gasteiger partial charge in [0.05, 0.1) is 0 Å². The molecule has 0 radical (unpaired) electrons.